The molecule has 1 aromatic rings. The summed E-state index contributed by atoms with van der Waals surface area (Å²) >= 11 is 0. The predicted octanol–water partition coefficient (Wildman–Crippen LogP) is 0.539. The number of piperazine rings is 1. The molecule has 1 aliphatic heterocycles. The highest BCUT2D eigenvalue weighted by Crippen LogP contribution is 2.12. The topological polar surface area (TPSA) is 82.1 Å². The van der Waals surface area contributed by atoms with Crippen molar-refractivity contribution in [3.05, 3.63) is 18.0 Å². The van der Waals surface area contributed by atoms with Crippen LogP contribution in [0.3, 0.4) is 0 Å². The molecule has 0 atom stereocenters. The van der Waals surface area contributed by atoms with Crippen LogP contribution in [0.2, 0.25) is 0 Å². The first kappa shape index (κ1) is 13.7. The Morgan fingerprint density at radius 1 is 1.37 bits per heavy atom. The first-order valence-electron chi connectivity index (χ1n) is 6.71. The molecule has 0 radical (unpaired) electrons. The van der Waals surface area contributed by atoms with E-state index in [1.54, 1.807) is 12.3 Å². The van der Waals surface area contributed by atoms with Crippen LogP contribution >= 0.6 is 0 Å². The number of amidine groups is 1. The van der Waals surface area contributed by atoms with Crippen molar-refractivity contribution in [2.45, 2.75) is 13.8 Å². The van der Waals surface area contributed by atoms with Gasteiger partial charge in [0.25, 0.3) is 0 Å². The second-order valence-corrected chi connectivity index (χ2v) is 5.34. The summed E-state index contributed by atoms with van der Waals surface area (Å²) in [6.45, 7) is 9.54. The van der Waals surface area contributed by atoms with Crippen molar-refractivity contribution in [2.24, 2.45) is 11.7 Å². The average Bonchev–Trinajstić information content (AvgIpc) is 2.39. The van der Waals surface area contributed by atoms with Gasteiger partial charge in [-0.25, -0.2) is 9.97 Å². The molecule has 0 saturated carbocycles. The van der Waals surface area contributed by atoms with Crippen molar-refractivity contribution in [3.63, 3.8) is 0 Å². The lowest BCUT2D eigenvalue weighted by molar-refractivity contribution is 0.230. The fourth-order valence-electron chi connectivity index (χ4n) is 2.30. The minimum Gasteiger partial charge on any atom is -0.382 e. The number of anilines is 1. The molecule has 1 aromatic heterocycles. The number of aromatic nitrogens is 2. The molecule has 1 saturated heterocycles. The van der Waals surface area contributed by atoms with Crippen LogP contribution < -0.4 is 10.6 Å². The lowest BCUT2D eigenvalue weighted by Crippen LogP contribution is -2.48. The van der Waals surface area contributed by atoms with Gasteiger partial charge in [-0.3, -0.25) is 10.3 Å². The van der Waals surface area contributed by atoms with E-state index in [9.17, 15) is 0 Å². The second kappa shape index (κ2) is 5.97. The summed E-state index contributed by atoms with van der Waals surface area (Å²) in [6.07, 6.45) is 1.67. The van der Waals surface area contributed by atoms with E-state index in [0.717, 1.165) is 32.7 Å². The fraction of sp³-hybridized carbons (Fsp3) is 0.615. The molecule has 0 spiro atoms. The zero-order valence-electron chi connectivity index (χ0n) is 11.6. The normalized spacial score (nSPS) is 16.9. The van der Waals surface area contributed by atoms with Crippen molar-refractivity contribution in [3.8, 4) is 0 Å². The van der Waals surface area contributed by atoms with Crippen molar-refractivity contribution in [1.82, 2.24) is 14.9 Å². The zero-order chi connectivity index (χ0) is 13.8. The SMILES string of the molecule is CC(C)CN1CCN(c2nccc(C(=N)N)n2)CC1. The fourth-order valence-corrected chi connectivity index (χ4v) is 2.30. The monoisotopic (exact) mass is 262 g/mol. The molecule has 0 amide bonds. The quantitative estimate of drug-likeness (QED) is 0.611. The van der Waals surface area contributed by atoms with Gasteiger partial charge in [0.05, 0.1) is 0 Å². The van der Waals surface area contributed by atoms with Gasteiger partial charge in [0, 0.05) is 38.9 Å². The summed E-state index contributed by atoms with van der Waals surface area (Å²) in [5.41, 5.74) is 5.95. The zero-order valence-corrected chi connectivity index (χ0v) is 11.6. The van der Waals surface area contributed by atoms with Gasteiger partial charge < -0.3 is 10.6 Å². The van der Waals surface area contributed by atoms with E-state index in [1.807, 2.05) is 0 Å². The smallest absolute Gasteiger partial charge is 0.226 e. The van der Waals surface area contributed by atoms with Crippen LogP contribution in [0.15, 0.2) is 12.3 Å². The molecule has 1 aliphatic rings. The summed E-state index contributed by atoms with van der Waals surface area (Å²) < 4.78 is 0. The van der Waals surface area contributed by atoms with E-state index in [2.05, 4.69) is 33.6 Å². The largest absolute Gasteiger partial charge is 0.382 e. The van der Waals surface area contributed by atoms with Crippen molar-refractivity contribution in [1.29, 1.82) is 5.41 Å². The number of hydrogen-bond donors (Lipinski definition) is 2. The van der Waals surface area contributed by atoms with Crippen LogP contribution in [0.4, 0.5) is 5.95 Å². The number of nitrogens with two attached hydrogens (primary N) is 1. The minimum atomic E-state index is -0.0120. The Hall–Kier alpha value is -1.69. The summed E-state index contributed by atoms with van der Waals surface area (Å²) in [5, 5.41) is 7.42. The molecule has 104 valence electrons. The Morgan fingerprint density at radius 2 is 2.05 bits per heavy atom. The highest BCUT2D eigenvalue weighted by atomic mass is 15.3. The molecule has 6 heteroatoms. The Morgan fingerprint density at radius 3 is 2.63 bits per heavy atom. The maximum Gasteiger partial charge on any atom is 0.226 e. The molecule has 3 N–H and O–H groups in total. The third-order valence-corrected chi connectivity index (χ3v) is 3.20. The summed E-state index contributed by atoms with van der Waals surface area (Å²) in [7, 11) is 0. The lowest BCUT2D eigenvalue weighted by Gasteiger charge is -2.35. The molecule has 0 aromatic carbocycles. The molecule has 6 nitrogen and oxygen atoms in total. The molecular formula is C13H22N6. The third-order valence-electron chi connectivity index (χ3n) is 3.20. The number of nitrogen functional groups attached to an aromatic ring is 1. The van der Waals surface area contributed by atoms with Crippen molar-refractivity contribution >= 4 is 11.8 Å². The Bertz CT molecular complexity index is 437. The summed E-state index contributed by atoms with van der Waals surface area (Å²) in [6, 6.07) is 1.67. The van der Waals surface area contributed by atoms with E-state index in [0.29, 0.717) is 17.6 Å². The number of hydrogen-bond acceptors (Lipinski definition) is 5. The molecule has 2 heterocycles. The van der Waals surface area contributed by atoms with Gasteiger partial charge in [0.2, 0.25) is 5.95 Å². The van der Waals surface area contributed by atoms with Crippen LogP contribution in [-0.4, -0.2) is 53.4 Å². The van der Waals surface area contributed by atoms with Crippen LogP contribution in [-0.2, 0) is 0 Å². The molecular weight excluding hydrogens is 240 g/mol. The third kappa shape index (κ3) is 3.64. The van der Waals surface area contributed by atoms with E-state index < -0.39 is 0 Å². The van der Waals surface area contributed by atoms with Gasteiger partial charge in [0.1, 0.15) is 11.5 Å². The number of rotatable bonds is 4. The van der Waals surface area contributed by atoms with Gasteiger partial charge in [-0.1, -0.05) is 13.8 Å². The number of nitrogens with one attached hydrogen (secondary N) is 1. The highest BCUT2D eigenvalue weighted by Gasteiger charge is 2.19. The van der Waals surface area contributed by atoms with Gasteiger partial charge in [-0.05, 0) is 12.0 Å². The van der Waals surface area contributed by atoms with Gasteiger partial charge in [0.15, 0.2) is 0 Å². The highest BCUT2D eigenvalue weighted by molar-refractivity contribution is 5.93. The van der Waals surface area contributed by atoms with Crippen molar-refractivity contribution in [2.75, 3.05) is 37.6 Å². The second-order valence-electron chi connectivity index (χ2n) is 5.34. The van der Waals surface area contributed by atoms with Crippen LogP contribution in [0.1, 0.15) is 19.5 Å². The van der Waals surface area contributed by atoms with Gasteiger partial charge >= 0.3 is 0 Å². The summed E-state index contributed by atoms with van der Waals surface area (Å²) in [5.74, 6) is 1.36. The first-order valence-corrected chi connectivity index (χ1v) is 6.71. The molecule has 1 fully saturated rings. The van der Waals surface area contributed by atoms with E-state index >= 15 is 0 Å². The van der Waals surface area contributed by atoms with E-state index in [-0.39, 0.29) is 5.84 Å². The van der Waals surface area contributed by atoms with Gasteiger partial charge in [-0.2, -0.15) is 0 Å². The van der Waals surface area contributed by atoms with Crippen LogP contribution in [0, 0.1) is 11.3 Å². The lowest BCUT2D eigenvalue weighted by atomic mass is 10.2. The van der Waals surface area contributed by atoms with Gasteiger partial charge in [-0.15, -0.1) is 0 Å². The van der Waals surface area contributed by atoms with Crippen LogP contribution in [0.25, 0.3) is 0 Å². The summed E-state index contributed by atoms with van der Waals surface area (Å²) in [4.78, 5) is 13.2. The van der Waals surface area contributed by atoms with E-state index in [4.69, 9.17) is 11.1 Å². The maximum absolute atomic E-state index is 7.42. The average molecular weight is 262 g/mol. The maximum atomic E-state index is 7.42. The molecule has 19 heavy (non-hydrogen) atoms. The molecule has 0 unspecified atom stereocenters. The Kier molecular flexibility index (Phi) is 4.31. The first-order chi connectivity index (χ1) is 9.06. The van der Waals surface area contributed by atoms with Crippen molar-refractivity contribution < 1.29 is 0 Å². The number of nitrogens with zero attached hydrogens (tertiary/aromatic N) is 4. The minimum absolute atomic E-state index is 0.0120. The molecule has 0 aliphatic carbocycles. The van der Waals surface area contributed by atoms with Crippen LogP contribution in [0.5, 0.6) is 0 Å². The predicted molar refractivity (Wildman–Crippen MR) is 76.5 cm³/mol. The Labute approximate surface area is 114 Å². The molecule has 2 rings (SSSR count). The Balaban J connectivity index is 1.97. The van der Waals surface area contributed by atoms with E-state index in [1.165, 1.54) is 0 Å². The molecule has 0 bridgehead atoms. The standard InChI is InChI=1S/C13H22N6/c1-10(2)9-18-5-7-19(8-6-18)13-16-4-3-11(17-13)12(14)15/h3-4,10H,5-9H2,1-2H3,(H3,14,15).